The summed E-state index contributed by atoms with van der Waals surface area (Å²) in [5.41, 5.74) is 6.80. The first-order valence-electron chi connectivity index (χ1n) is 16.4. The molecule has 0 radical (unpaired) electrons. The Morgan fingerprint density at radius 2 is 1.35 bits per heavy atom. The van der Waals surface area contributed by atoms with Gasteiger partial charge in [0.25, 0.3) is 10.1 Å². The molecule has 2 aliphatic heterocycles. The molecule has 4 rings (SSSR count). The zero-order valence-electron chi connectivity index (χ0n) is 28.9. The number of anilines is 1. The minimum Gasteiger partial charge on any atom is -0.748 e. The van der Waals surface area contributed by atoms with E-state index >= 15 is 0 Å². The van der Waals surface area contributed by atoms with Crippen molar-refractivity contribution in [3.63, 3.8) is 0 Å². The van der Waals surface area contributed by atoms with Gasteiger partial charge < -0.3 is 9.45 Å². The Kier molecular flexibility index (Phi) is 14.3. The zero-order valence-corrected chi connectivity index (χ0v) is 32.6. The predicted octanol–water partition coefficient (Wildman–Crippen LogP) is 4.19. The van der Waals surface area contributed by atoms with Crippen LogP contribution < -0.4 is 34.5 Å². The van der Waals surface area contributed by atoms with E-state index in [1.807, 2.05) is 36.4 Å². The minimum absolute atomic E-state index is 0. The molecule has 0 saturated heterocycles. The standard InChI is InChI=1S/C37H48N2O6S2.Na/c1-36(2)30-20-12-14-22-32(30)38(26-16-8-18-28-46(40,41)42)34(36)24-10-6-5-7-11-25-35-37(3,4)31-21-13-15-23-33(31)39(35)27-17-9-19-29-47(43,44)45;/h5-7,10-15,20-25H,8-9,16-19,26-29H2,1-4H3,(H-,40,41,42,43,44,45);/q;+1. The number of allylic oxidation sites excluding steroid dienone is 8. The molecular formula is C37H48N2NaO6S2+. The Bertz CT molecular complexity index is 1810. The second-order valence-electron chi connectivity index (χ2n) is 13.3. The van der Waals surface area contributed by atoms with Gasteiger partial charge in [-0.05, 0) is 57.2 Å². The van der Waals surface area contributed by atoms with E-state index in [9.17, 15) is 21.4 Å². The van der Waals surface area contributed by atoms with E-state index in [4.69, 9.17) is 4.55 Å². The molecule has 8 nitrogen and oxygen atoms in total. The normalized spacial score (nSPS) is 18.0. The summed E-state index contributed by atoms with van der Waals surface area (Å²) in [6, 6.07) is 16.8. The van der Waals surface area contributed by atoms with E-state index in [1.54, 1.807) is 0 Å². The second-order valence-corrected chi connectivity index (χ2v) is 16.4. The summed E-state index contributed by atoms with van der Waals surface area (Å²) in [7, 11) is -8.12. The van der Waals surface area contributed by atoms with Crippen LogP contribution in [0, 0.1) is 0 Å². The molecule has 0 saturated carbocycles. The summed E-state index contributed by atoms with van der Waals surface area (Å²) < 4.78 is 66.5. The summed E-state index contributed by atoms with van der Waals surface area (Å²) >= 11 is 0. The fourth-order valence-corrected chi connectivity index (χ4v) is 7.83. The number of para-hydroxylation sites is 2. The molecule has 2 aliphatic rings. The third-order valence-corrected chi connectivity index (χ3v) is 10.7. The van der Waals surface area contributed by atoms with E-state index in [0.717, 1.165) is 31.6 Å². The van der Waals surface area contributed by atoms with Crippen molar-refractivity contribution < 1.29 is 60.1 Å². The molecule has 0 bridgehead atoms. The van der Waals surface area contributed by atoms with Crippen molar-refractivity contribution in [3.05, 3.63) is 108 Å². The number of rotatable bonds is 16. The third kappa shape index (κ3) is 10.4. The Morgan fingerprint density at radius 3 is 2.06 bits per heavy atom. The van der Waals surface area contributed by atoms with Gasteiger partial charge in [-0.2, -0.15) is 13.0 Å². The molecule has 0 fully saturated rings. The maximum Gasteiger partial charge on any atom is 1.00 e. The van der Waals surface area contributed by atoms with Gasteiger partial charge in [0.05, 0.1) is 21.3 Å². The van der Waals surface area contributed by atoms with Crippen molar-refractivity contribution in [2.24, 2.45) is 0 Å². The van der Waals surface area contributed by atoms with E-state index < -0.39 is 20.2 Å². The number of nitrogens with zero attached hydrogens (tertiary/aromatic N) is 2. The van der Waals surface area contributed by atoms with Crippen molar-refractivity contribution >= 4 is 37.3 Å². The summed E-state index contributed by atoms with van der Waals surface area (Å²) in [6.45, 7) is 10.4. The SMILES string of the molecule is CC1(C)C(=CC=CC=CC=CC2=[N+](CCCCCS(=O)(=O)[O-])c3ccccc3C2(C)C)N(CCCCCS(=O)(=O)O)c2ccccc21.[Na+]. The Hall–Kier alpha value is -2.31. The van der Waals surface area contributed by atoms with Crippen LogP contribution in [0.1, 0.15) is 77.3 Å². The Morgan fingerprint density at radius 1 is 0.750 bits per heavy atom. The van der Waals surface area contributed by atoms with Crippen LogP contribution >= 0.6 is 0 Å². The maximum atomic E-state index is 11.1. The van der Waals surface area contributed by atoms with Crippen molar-refractivity contribution in [1.29, 1.82) is 0 Å². The van der Waals surface area contributed by atoms with Crippen LogP contribution in [-0.2, 0) is 31.1 Å². The zero-order chi connectivity index (χ0) is 34.3. The fraction of sp³-hybridized carbons (Fsp3) is 0.432. The molecule has 2 heterocycles. The molecular weight excluding hydrogens is 656 g/mol. The van der Waals surface area contributed by atoms with Crippen LogP contribution in [0.2, 0.25) is 0 Å². The predicted molar refractivity (Wildman–Crippen MR) is 190 cm³/mol. The third-order valence-electron chi connectivity index (χ3n) is 9.11. The molecule has 2 aromatic rings. The van der Waals surface area contributed by atoms with Crippen molar-refractivity contribution in [3.8, 4) is 0 Å². The number of hydrogen-bond donors (Lipinski definition) is 1. The molecule has 0 spiro atoms. The van der Waals surface area contributed by atoms with Gasteiger partial charge in [0.15, 0.2) is 5.71 Å². The van der Waals surface area contributed by atoms with Crippen LogP contribution in [0.25, 0.3) is 0 Å². The average Bonchev–Trinajstić information content (AvgIpc) is 3.34. The van der Waals surface area contributed by atoms with Gasteiger partial charge in [-0.15, -0.1) is 0 Å². The van der Waals surface area contributed by atoms with Crippen LogP contribution in [0.15, 0.2) is 96.8 Å². The summed E-state index contributed by atoms with van der Waals surface area (Å²) in [5.74, 6) is -0.524. The van der Waals surface area contributed by atoms with E-state index in [1.165, 1.54) is 28.2 Å². The molecule has 0 aliphatic carbocycles. The summed E-state index contributed by atoms with van der Waals surface area (Å²) in [5, 5.41) is 0. The van der Waals surface area contributed by atoms with Gasteiger partial charge in [0, 0.05) is 53.2 Å². The molecule has 0 amide bonds. The van der Waals surface area contributed by atoms with Crippen molar-refractivity contribution in [1.82, 2.24) is 0 Å². The molecule has 0 aromatic heterocycles. The first-order chi connectivity index (χ1) is 22.1. The molecule has 2 aromatic carbocycles. The van der Waals surface area contributed by atoms with Gasteiger partial charge in [-0.3, -0.25) is 4.55 Å². The number of unbranched alkanes of at least 4 members (excludes halogenated alkanes) is 4. The number of benzene rings is 2. The summed E-state index contributed by atoms with van der Waals surface area (Å²) in [6.07, 6.45) is 18.2. The van der Waals surface area contributed by atoms with Gasteiger partial charge >= 0.3 is 29.6 Å². The van der Waals surface area contributed by atoms with Crippen molar-refractivity contribution in [2.75, 3.05) is 29.5 Å². The topological polar surface area (TPSA) is 118 Å². The first kappa shape index (κ1) is 40.1. The Labute approximate surface area is 309 Å². The molecule has 1 N–H and O–H groups in total. The van der Waals surface area contributed by atoms with Gasteiger partial charge in [0.2, 0.25) is 5.69 Å². The van der Waals surface area contributed by atoms with Gasteiger partial charge in [-0.25, -0.2) is 8.42 Å². The number of fused-ring (bicyclic) bond motifs is 2. The van der Waals surface area contributed by atoms with Gasteiger partial charge in [-0.1, -0.05) is 87.0 Å². The largest absolute Gasteiger partial charge is 1.00 e. The van der Waals surface area contributed by atoms with Crippen molar-refractivity contribution in [2.45, 2.75) is 77.0 Å². The molecule has 11 heteroatoms. The maximum absolute atomic E-state index is 11.1. The van der Waals surface area contributed by atoms with Gasteiger partial charge in [0.1, 0.15) is 6.54 Å². The molecule has 254 valence electrons. The fourth-order valence-electron chi connectivity index (χ4n) is 6.71. The van der Waals surface area contributed by atoms with Crippen LogP contribution in [0.5, 0.6) is 0 Å². The monoisotopic (exact) mass is 703 g/mol. The molecule has 48 heavy (non-hydrogen) atoms. The smallest absolute Gasteiger partial charge is 0.748 e. The second kappa shape index (κ2) is 17.1. The number of hydrogen-bond acceptors (Lipinski definition) is 6. The minimum atomic E-state index is -4.18. The first-order valence-corrected chi connectivity index (χ1v) is 19.5. The van der Waals surface area contributed by atoms with Crippen LogP contribution in [0.4, 0.5) is 11.4 Å². The Balaban J connectivity index is 0.00000625. The van der Waals surface area contributed by atoms with E-state index in [0.29, 0.717) is 25.7 Å². The molecule has 0 atom stereocenters. The van der Waals surface area contributed by atoms with Crippen LogP contribution in [-0.4, -0.2) is 60.8 Å². The van der Waals surface area contributed by atoms with E-state index in [2.05, 4.69) is 91.8 Å². The summed E-state index contributed by atoms with van der Waals surface area (Å²) in [4.78, 5) is 2.32. The van der Waals surface area contributed by atoms with Crippen LogP contribution in [0.3, 0.4) is 0 Å². The quantitative estimate of drug-likeness (QED) is 0.0917. The van der Waals surface area contributed by atoms with E-state index in [-0.39, 0.29) is 51.9 Å². The molecule has 0 unspecified atom stereocenters. The average molecular weight is 704 g/mol.